The van der Waals surface area contributed by atoms with Crippen LogP contribution in [0.25, 0.3) is 11.3 Å². The standard InChI is InChI=1S/C22H28ClFN4/c1-3-14(2)11-28-12-15-8-18(9-16(15)13-28)25-22-7-6-21(26-27-22)19-10-17(24)4-5-20(19)23/h4-7,10,14-16,18H,3,8-9,11-13H2,1-2H3,(H,25,27)/t14?,15-,16+,18+. The van der Waals surface area contributed by atoms with Crippen LogP contribution >= 0.6 is 11.6 Å². The van der Waals surface area contributed by atoms with Crippen molar-refractivity contribution in [2.45, 2.75) is 39.2 Å². The highest BCUT2D eigenvalue weighted by molar-refractivity contribution is 6.33. The summed E-state index contributed by atoms with van der Waals surface area (Å²) in [5, 5.41) is 12.6. The van der Waals surface area contributed by atoms with E-state index in [1.165, 1.54) is 51.0 Å². The lowest BCUT2D eigenvalue weighted by molar-refractivity contribution is 0.263. The zero-order valence-electron chi connectivity index (χ0n) is 16.5. The molecule has 0 amide bonds. The molecule has 28 heavy (non-hydrogen) atoms. The number of anilines is 1. The molecule has 150 valence electrons. The predicted molar refractivity (Wildman–Crippen MR) is 112 cm³/mol. The number of likely N-dealkylation sites (tertiary alicyclic amines) is 1. The van der Waals surface area contributed by atoms with Crippen molar-refractivity contribution in [2.24, 2.45) is 17.8 Å². The van der Waals surface area contributed by atoms with Gasteiger partial charge >= 0.3 is 0 Å². The molecule has 0 bridgehead atoms. The first kappa shape index (κ1) is 19.6. The molecule has 1 aromatic heterocycles. The van der Waals surface area contributed by atoms with E-state index in [2.05, 4.69) is 34.3 Å². The minimum Gasteiger partial charge on any atom is -0.366 e. The van der Waals surface area contributed by atoms with E-state index in [0.29, 0.717) is 22.3 Å². The number of nitrogens with zero attached hydrogens (tertiary/aromatic N) is 3. The van der Waals surface area contributed by atoms with Crippen molar-refractivity contribution >= 4 is 17.4 Å². The van der Waals surface area contributed by atoms with E-state index < -0.39 is 0 Å². The molecule has 1 unspecified atom stereocenters. The van der Waals surface area contributed by atoms with Gasteiger partial charge in [-0.25, -0.2) is 4.39 Å². The van der Waals surface area contributed by atoms with Gasteiger partial charge < -0.3 is 10.2 Å². The van der Waals surface area contributed by atoms with E-state index >= 15 is 0 Å². The second-order valence-corrected chi connectivity index (χ2v) is 8.90. The Hall–Kier alpha value is -1.72. The van der Waals surface area contributed by atoms with Gasteiger partial charge in [0, 0.05) is 31.2 Å². The third-order valence-electron chi connectivity index (χ3n) is 6.31. The molecule has 4 atom stereocenters. The molecule has 1 saturated heterocycles. The topological polar surface area (TPSA) is 41.0 Å². The van der Waals surface area contributed by atoms with E-state index in [1.807, 2.05) is 12.1 Å². The summed E-state index contributed by atoms with van der Waals surface area (Å²) in [5.41, 5.74) is 1.15. The minimum absolute atomic E-state index is 0.330. The summed E-state index contributed by atoms with van der Waals surface area (Å²) in [7, 11) is 0. The second-order valence-electron chi connectivity index (χ2n) is 8.49. The molecule has 1 saturated carbocycles. The summed E-state index contributed by atoms with van der Waals surface area (Å²) in [6, 6.07) is 8.49. The number of hydrogen-bond acceptors (Lipinski definition) is 4. The second kappa shape index (κ2) is 8.34. The largest absolute Gasteiger partial charge is 0.366 e. The lowest BCUT2D eigenvalue weighted by Crippen LogP contribution is -2.29. The first-order valence-electron chi connectivity index (χ1n) is 10.3. The van der Waals surface area contributed by atoms with Crippen molar-refractivity contribution in [1.82, 2.24) is 15.1 Å². The van der Waals surface area contributed by atoms with E-state index in [9.17, 15) is 4.39 Å². The summed E-state index contributed by atoms with van der Waals surface area (Å²) < 4.78 is 13.5. The number of benzene rings is 1. The first-order valence-corrected chi connectivity index (χ1v) is 10.7. The van der Waals surface area contributed by atoms with Crippen molar-refractivity contribution in [3.05, 3.63) is 41.2 Å². The molecular weight excluding hydrogens is 375 g/mol. The molecule has 2 fully saturated rings. The molecule has 0 radical (unpaired) electrons. The van der Waals surface area contributed by atoms with Crippen molar-refractivity contribution < 1.29 is 4.39 Å². The van der Waals surface area contributed by atoms with Gasteiger partial charge in [-0.15, -0.1) is 10.2 Å². The summed E-state index contributed by atoms with van der Waals surface area (Å²) in [5.74, 6) is 2.81. The normalized spacial score (nSPS) is 25.6. The van der Waals surface area contributed by atoms with Crippen LogP contribution in [-0.2, 0) is 0 Å². The zero-order valence-corrected chi connectivity index (χ0v) is 17.3. The maximum atomic E-state index is 13.5. The average molecular weight is 403 g/mol. The summed E-state index contributed by atoms with van der Waals surface area (Å²) in [6.07, 6.45) is 3.65. The van der Waals surface area contributed by atoms with Gasteiger partial charge in [-0.3, -0.25) is 0 Å². The van der Waals surface area contributed by atoms with Crippen LogP contribution in [-0.4, -0.2) is 40.8 Å². The quantitative estimate of drug-likeness (QED) is 0.729. The van der Waals surface area contributed by atoms with E-state index in [4.69, 9.17) is 11.6 Å². The maximum Gasteiger partial charge on any atom is 0.148 e. The van der Waals surface area contributed by atoms with Crippen LogP contribution < -0.4 is 5.32 Å². The number of hydrogen-bond donors (Lipinski definition) is 1. The van der Waals surface area contributed by atoms with Crippen LogP contribution in [0, 0.1) is 23.6 Å². The minimum atomic E-state index is -0.330. The van der Waals surface area contributed by atoms with E-state index in [1.54, 1.807) is 6.07 Å². The Morgan fingerprint density at radius 3 is 2.57 bits per heavy atom. The fraction of sp³-hybridized carbons (Fsp3) is 0.545. The van der Waals surface area contributed by atoms with Gasteiger partial charge in [0.15, 0.2) is 0 Å². The molecule has 4 nitrogen and oxygen atoms in total. The Morgan fingerprint density at radius 1 is 1.18 bits per heavy atom. The highest BCUT2D eigenvalue weighted by Crippen LogP contribution is 2.39. The van der Waals surface area contributed by atoms with Gasteiger partial charge in [-0.2, -0.15) is 0 Å². The van der Waals surface area contributed by atoms with E-state index in [0.717, 1.165) is 23.6 Å². The highest BCUT2D eigenvalue weighted by atomic mass is 35.5. The highest BCUT2D eigenvalue weighted by Gasteiger charge is 2.40. The summed E-state index contributed by atoms with van der Waals surface area (Å²) in [6.45, 7) is 8.32. The third-order valence-corrected chi connectivity index (χ3v) is 6.64. The molecule has 1 aromatic carbocycles. The number of nitrogens with one attached hydrogen (secondary N) is 1. The van der Waals surface area contributed by atoms with Crippen LogP contribution in [0.3, 0.4) is 0 Å². The summed E-state index contributed by atoms with van der Waals surface area (Å²) in [4.78, 5) is 2.65. The molecule has 0 spiro atoms. The van der Waals surface area contributed by atoms with Gasteiger partial charge in [0.25, 0.3) is 0 Å². The van der Waals surface area contributed by atoms with Gasteiger partial charge in [-0.1, -0.05) is 31.9 Å². The Bertz CT molecular complexity index is 799. The van der Waals surface area contributed by atoms with Crippen molar-refractivity contribution in [1.29, 1.82) is 0 Å². The lowest BCUT2D eigenvalue weighted by Gasteiger charge is -2.22. The van der Waals surface area contributed by atoms with Crippen molar-refractivity contribution in [3.63, 3.8) is 0 Å². The third kappa shape index (κ3) is 4.31. The predicted octanol–water partition coefficient (Wildman–Crippen LogP) is 5.10. The van der Waals surface area contributed by atoms with Crippen molar-refractivity contribution in [2.75, 3.05) is 25.0 Å². The molecular formula is C22H28ClFN4. The zero-order chi connectivity index (χ0) is 19.7. The van der Waals surface area contributed by atoms with Gasteiger partial charge in [-0.05, 0) is 60.9 Å². The molecule has 2 heterocycles. The number of halogens is 2. The number of aromatic nitrogens is 2. The van der Waals surface area contributed by atoms with Gasteiger partial charge in [0.05, 0.1) is 10.7 Å². The number of fused-ring (bicyclic) bond motifs is 1. The van der Waals surface area contributed by atoms with Crippen LogP contribution in [0.5, 0.6) is 0 Å². The molecule has 4 rings (SSSR count). The fourth-order valence-corrected chi connectivity index (χ4v) is 4.90. The van der Waals surface area contributed by atoms with Crippen LogP contribution in [0.1, 0.15) is 33.1 Å². The fourth-order valence-electron chi connectivity index (χ4n) is 4.69. The van der Waals surface area contributed by atoms with Crippen molar-refractivity contribution in [3.8, 4) is 11.3 Å². The van der Waals surface area contributed by atoms with Crippen LogP contribution in [0.2, 0.25) is 5.02 Å². The molecule has 2 aliphatic rings. The van der Waals surface area contributed by atoms with Crippen LogP contribution in [0.15, 0.2) is 30.3 Å². The molecule has 1 aliphatic heterocycles. The summed E-state index contributed by atoms with van der Waals surface area (Å²) >= 11 is 6.16. The number of rotatable bonds is 6. The molecule has 6 heteroatoms. The van der Waals surface area contributed by atoms with E-state index in [-0.39, 0.29) is 5.82 Å². The smallest absolute Gasteiger partial charge is 0.148 e. The Kier molecular flexibility index (Phi) is 5.83. The maximum absolute atomic E-state index is 13.5. The van der Waals surface area contributed by atoms with Gasteiger partial charge in [0.1, 0.15) is 11.6 Å². The van der Waals surface area contributed by atoms with Gasteiger partial charge in [0.2, 0.25) is 0 Å². The SMILES string of the molecule is CCC(C)CN1C[C@H]2C[C@H](Nc3ccc(-c4cc(F)ccc4Cl)nn3)C[C@H]2C1. The average Bonchev–Trinajstić information content (AvgIpc) is 3.22. The molecule has 1 N–H and O–H groups in total. The Labute approximate surface area is 171 Å². The Morgan fingerprint density at radius 2 is 1.93 bits per heavy atom. The first-order chi connectivity index (χ1) is 13.5. The molecule has 1 aliphatic carbocycles. The Balaban J connectivity index is 1.34. The molecule has 2 aromatic rings. The lowest BCUT2D eigenvalue weighted by atomic mass is 10.0. The monoisotopic (exact) mass is 402 g/mol. The van der Waals surface area contributed by atoms with Crippen LogP contribution in [0.4, 0.5) is 10.2 Å².